The molecule has 0 aromatic carbocycles. The van der Waals surface area contributed by atoms with Crippen molar-refractivity contribution in [2.75, 3.05) is 42.7 Å². The quantitative estimate of drug-likeness (QED) is 0.653. The van der Waals surface area contributed by atoms with Gasteiger partial charge in [-0.25, -0.2) is 0 Å². The van der Waals surface area contributed by atoms with Gasteiger partial charge in [-0.2, -0.15) is 15.0 Å². The standard InChI is InChI=1S/C13H24N6O/c1-4-7-14-11-16-12(18-13(17-11)19(2)3)15-8-10(20)9-5-6-9/h9-10,20H,4-8H2,1-3H3,(H2,14,15,16,17,18). The van der Waals surface area contributed by atoms with Crippen LogP contribution < -0.4 is 15.5 Å². The predicted molar refractivity (Wildman–Crippen MR) is 80.2 cm³/mol. The van der Waals surface area contributed by atoms with Gasteiger partial charge in [0.1, 0.15) is 0 Å². The van der Waals surface area contributed by atoms with Gasteiger partial charge in [0.15, 0.2) is 0 Å². The fraction of sp³-hybridized carbons (Fsp3) is 0.769. The summed E-state index contributed by atoms with van der Waals surface area (Å²) < 4.78 is 0. The molecule has 1 aliphatic rings. The van der Waals surface area contributed by atoms with Crippen molar-refractivity contribution in [1.29, 1.82) is 0 Å². The molecule has 3 N–H and O–H groups in total. The second-order valence-corrected chi connectivity index (χ2v) is 5.39. The molecular formula is C13H24N6O. The van der Waals surface area contributed by atoms with E-state index in [1.165, 1.54) is 0 Å². The minimum Gasteiger partial charge on any atom is -0.391 e. The molecule has 0 spiro atoms. The van der Waals surface area contributed by atoms with Gasteiger partial charge in [0.2, 0.25) is 17.8 Å². The summed E-state index contributed by atoms with van der Waals surface area (Å²) in [6, 6.07) is 0. The van der Waals surface area contributed by atoms with Gasteiger partial charge in [-0.3, -0.25) is 0 Å². The van der Waals surface area contributed by atoms with Crippen molar-refractivity contribution in [2.45, 2.75) is 32.3 Å². The first kappa shape index (κ1) is 14.8. The number of hydrogen-bond acceptors (Lipinski definition) is 7. The molecular weight excluding hydrogens is 256 g/mol. The molecule has 1 aromatic rings. The zero-order valence-electron chi connectivity index (χ0n) is 12.4. The zero-order valence-corrected chi connectivity index (χ0v) is 12.4. The van der Waals surface area contributed by atoms with Crippen molar-refractivity contribution in [3.63, 3.8) is 0 Å². The highest BCUT2D eigenvalue weighted by Gasteiger charge is 2.29. The molecule has 0 amide bonds. The Morgan fingerprint density at radius 1 is 1.20 bits per heavy atom. The van der Waals surface area contributed by atoms with E-state index >= 15 is 0 Å². The lowest BCUT2D eigenvalue weighted by Gasteiger charge is -2.15. The van der Waals surface area contributed by atoms with Crippen LogP contribution in [0.25, 0.3) is 0 Å². The second-order valence-electron chi connectivity index (χ2n) is 5.39. The summed E-state index contributed by atoms with van der Waals surface area (Å²) >= 11 is 0. The van der Waals surface area contributed by atoms with E-state index in [2.05, 4.69) is 32.5 Å². The first-order valence-electron chi connectivity index (χ1n) is 7.19. The Labute approximate surface area is 119 Å². The van der Waals surface area contributed by atoms with Crippen molar-refractivity contribution in [1.82, 2.24) is 15.0 Å². The number of nitrogens with one attached hydrogen (secondary N) is 2. The van der Waals surface area contributed by atoms with Crippen LogP contribution in [0, 0.1) is 5.92 Å². The molecule has 112 valence electrons. The number of rotatable bonds is 8. The molecule has 7 heteroatoms. The third-order valence-corrected chi connectivity index (χ3v) is 3.19. The van der Waals surface area contributed by atoms with E-state index in [1.54, 1.807) is 0 Å². The van der Waals surface area contributed by atoms with E-state index in [-0.39, 0.29) is 6.10 Å². The molecule has 0 bridgehead atoms. The Morgan fingerprint density at radius 2 is 1.85 bits per heavy atom. The van der Waals surface area contributed by atoms with Crippen LogP contribution in [-0.4, -0.2) is 53.3 Å². The Balaban J connectivity index is 2.02. The Bertz CT molecular complexity index is 435. The summed E-state index contributed by atoms with van der Waals surface area (Å²) in [5.41, 5.74) is 0. The predicted octanol–water partition coefficient (Wildman–Crippen LogP) is 0.942. The van der Waals surface area contributed by atoms with Crippen molar-refractivity contribution < 1.29 is 5.11 Å². The fourth-order valence-electron chi connectivity index (χ4n) is 1.80. The first-order chi connectivity index (χ1) is 9.60. The second kappa shape index (κ2) is 6.69. The van der Waals surface area contributed by atoms with Crippen molar-refractivity contribution in [2.24, 2.45) is 5.92 Å². The zero-order chi connectivity index (χ0) is 14.5. The molecule has 0 radical (unpaired) electrons. The van der Waals surface area contributed by atoms with Gasteiger partial charge >= 0.3 is 0 Å². The van der Waals surface area contributed by atoms with Gasteiger partial charge in [0.05, 0.1) is 6.10 Å². The molecule has 1 aromatic heterocycles. The van der Waals surface area contributed by atoms with Crippen LogP contribution in [0.3, 0.4) is 0 Å². The average molecular weight is 280 g/mol. The summed E-state index contributed by atoms with van der Waals surface area (Å²) in [7, 11) is 3.78. The third kappa shape index (κ3) is 4.19. The maximum Gasteiger partial charge on any atom is 0.231 e. The lowest BCUT2D eigenvalue weighted by molar-refractivity contribution is 0.164. The number of aromatic nitrogens is 3. The van der Waals surface area contributed by atoms with E-state index in [9.17, 15) is 5.11 Å². The topological polar surface area (TPSA) is 86.2 Å². The van der Waals surface area contributed by atoms with Crippen molar-refractivity contribution in [3.8, 4) is 0 Å². The molecule has 1 atom stereocenters. The summed E-state index contributed by atoms with van der Waals surface area (Å²) in [5, 5.41) is 16.1. The third-order valence-electron chi connectivity index (χ3n) is 3.19. The lowest BCUT2D eigenvalue weighted by atomic mass is 10.2. The van der Waals surface area contributed by atoms with Crippen LogP contribution in [0.5, 0.6) is 0 Å². The monoisotopic (exact) mass is 280 g/mol. The smallest absolute Gasteiger partial charge is 0.231 e. The first-order valence-corrected chi connectivity index (χ1v) is 7.19. The fourth-order valence-corrected chi connectivity index (χ4v) is 1.80. The number of anilines is 3. The van der Waals surface area contributed by atoms with Gasteiger partial charge in [0.25, 0.3) is 0 Å². The Morgan fingerprint density at radius 3 is 2.40 bits per heavy atom. The molecule has 0 saturated heterocycles. The summed E-state index contributed by atoms with van der Waals surface area (Å²) in [6.45, 7) is 3.39. The van der Waals surface area contributed by atoms with Crippen molar-refractivity contribution >= 4 is 17.8 Å². The van der Waals surface area contributed by atoms with Crippen LogP contribution in [0.1, 0.15) is 26.2 Å². The van der Waals surface area contributed by atoms with Gasteiger partial charge in [0, 0.05) is 27.2 Å². The molecule has 1 aliphatic carbocycles. The van der Waals surface area contributed by atoms with Crippen LogP contribution in [0.15, 0.2) is 0 Å². The van der Waals surface area contributed by atoms with Gasteiger partial charge in [-0.15, -0.1) is 0 Å². The summed E-state index contributed by atoms with van der Waals surface area (Å²) in [4.78, 5) is 14.8. The highest BCUT2D eigenvalue weighted by atomic mass is 16.3. The van der Waals surface area contributed by atoms with Gasteiger partial charge < -0.3 is 20.6 Å². The van der Waals surface area contributed by atoms with Gasteiger partial charge in [-0.05, 0) is 25.2 Å². The molecule has 1 unspecified atom stereocenters. The molecule has 7 nitrogen and oxygen atoms in total. The average Bonchev–Trinajstić information content (AvgIpc) is 3.26. The number of aliphatic hydroxyl groups is 1. The molecule has 1 fully saturated rings. The number of hydrogen-bond donors (Lipinski definition) is 3. The minimum absolute atomic E-state index is 0.318. The van der Waals surface area contributed by atoms with E-state index in [0.29, 0.717) is 30.3 Å². The summed E-state index contributed by atoms with van der Waals surface area (Å²) in [6.07, 6.45) is 2.92. The molecule has 20 heavy (non-hydrogen) atoms. The largest absolute Gasteiger partial charge is 0.391 e. The van der Waals surface area contributed by atoms with E-state index < -0.39 is 0 Å². The normalized spacial score (nSPS) is 15.8. The van der Waals surface area contributed by atoms with E-state index in [1.807, 2.05) is 19.0 Å². The molecule has 1 saturated carbocycles. The number of aliphatic hydroxyl groups excluding tert-OH is 1. The van der Waals surface area contributed by atoms with Crippen LogP contribution >= 0.6 is 0 Å². The van der Waals surface area contributed by atoms with E-state index in [0.717, 1.165) is 25.8 Å². The highest BCUT2D eigenvalue weighted by molar-refractivity contribution is 5.42. The lowest BCUT2D eigenvalue weighted by Crippen LogP contribution is -2.23. The molecule has 0 aliphatic heterocycles. The van der Waals surface area contributed by atoms with Crippen LogP contribution in [0.4, 0.5) is 17.8 Å². The molecule has 2 rings (SSSR count). The van der Waals surface area contributed by atoms with Crippen LogP contribution in [-0.2, 0) is 0 Å². The highest BCUT2D eigenvalue weighted by Crippen LogP contribution is 2.32. The minimum atomic E-state index is -0.318. The van der Waals surface area contributed by atoms with Gasteiger partial charge in [-0.1, -0.05) is 6.92 Å². The maximum atomic E-state index is 9.88. The molecule has 1 heterocycles. The number of nitrogens with zero attached hydrogens (tertiary/aromatic N) is 4. The Hall–Kier alpha value is -1.63. The maximum absolute atomic E-state index is 9.88. The van der Waals surface area contributed by atoms with E-state index in [4.69, 9.17) is 0 Å². The summed E-state index contributed by atoms with van der Waals surface area (Å²) in [5.74, 6) is 2.10. The Kier molecular flexibility index (Phi) is 4.94. The SMILES string of the molecule is CCCNc1nc(NCC(O)C2CC2)nc(N(C)C)n1. The van der Waals surface area contributed by atoms with Crippen molar-refractivity contribution in [3.05, 3.63) is 0 Å². The van der Waals surface area contributed by atoms with Crippen LogP contribution in [0.2, 0.25) is 0 Å².